The number of nitrogens with two attached hydrogens (primary N) is 1. The molecule has 0 bridgehead atoms. The molecule has 0 aliphatic carbocycles. The first-order chi connectivity index (χ1) is 10.0. The van der Waals surface area contributed by atoms with E-state index in [1.54, 1.807) is 12.1 Å². The van der Waals surface area contributed by atoms with Gasteiger partial charge in [-0.15, -0.1) is 0 Å². The van der Waals surface area contributed by atoms with E-state index in [0.29, 0.717) is 11.5 Å². The fourth-order valence-corrected chi connectivity index (χ4v) is 2.60. The minimum Gasteiger partial charge on any atom is -0.389 e. The van der Waals surface area contributed by atoms with Crippen molar-refractivity contribution in [2.45, 2.75) is 13.5 Å². The zero-order chi connectivity index (χ0) is 15.0. The van der Waals surface area contributed by atoms with E-state index >= 15 is 0 Å². The third-order valence-electron chi connectivity index (χ3n) is 3.71. The molecule has 0 aliphatic rings. The molecule has 0 saturated heterocycles. The van der Waals surface area contributed by atoms with Crippen LogP contribution < -0.4 is 5.73 Å². The molecule has 0 atom stereocenters. The lowest BCUT2D eigenvalue weighted by atomic mass is 10.1. The summed E-state index contributed by atoms with van der Waals surface area (Å²) in [7, 11) is 0. The van der Waals surface area contributed by atoms with Gasteiger partial charge in [0, 0.05) is 23.8 Å². The van der Waals surface area contributed by atoms with E-state index in [2.05, 4.69) is 4.57 Å². The van der Waals surface area contributed by atoms with E-state index in [1.807, 2.05) is 37.4 Å². The fraction of sp³-hybridized carbons (Fsp3) is 0.118. The molecule has 0 aliphatic heterocycles. The van der Waals surface area contributed by atoms with Gasteiger partial charge >= 0.3 is 0 Å². The summed E-state index contributed by atoms with van der Waals surface area (Å²) in [6, 6.07) is 12.8. The molecule has 3 aromatic rings. The molecule has 2 nitrogen and oxygen atoms in total. The number of rotatable bonds is 3. The molecule has 0 fully saturated rings. The van der Waals surface area contributed by atoms with E-state index in [-0.39, 0.29) is 5.82 Å². The summed E-state index contributed by atoms with van der Waals surface area (Å²) in [5.41, 5.74) is 9.62. The molecule has 21 heavy (non-hydrogen) atoms. The normalized spacial score (nSPS) is 11.0. The van der Waals surface area contributed by atoms with Crippen LogP contribution in [0.5, 0.6) is 0 Å². The van der Waals surface area contributed by atoms with Crippen molar-refractivity contribution in [1.82, 2.24) is 4.57 Å². The number of nitrogens with zero attached hydrogens (tertiary/aromatic N) is 1. The second kappa shape index (κ2) is 5.30. The van der Waals surface area contributed by atoms with Crippen molar-refractivity contribution in [3.8, 4) is 0 Å². The Morgan fingerprint density at radius 2 is 2.00 bits per heavy atom. The number of hydrogen-bond acceptors (Lipinski definition) is 1. The van der Waals surface area contributed by atoms with Crippen molar-refractivity contribution in [3.05, 3.63) is 71.2 Å². The van der Waals surface area contributed by atoms with Crippen LogP contribution in [-0.4, -0.2) is 9.56 Å². The third-order valence-corrected chi connectivity index (χ3v) is 3.95. The van der Waals surface area contributed by atoms with E-state index < -0.39 is 0 Å². The maximum Gasteiger partial charge on any atom is 0.123 e. The molecule has 4 heteroatoms. The number of aryl methyl sites for hydroxylation is 1. The van der Waals surface area contributed by atoms with Gasteiger partial charge in [0.25, 0.3) is 0 Å². The average molecular weight is 298 g/mol. The largest absolute Gasteiger partial charge is 0.389 e. The second-order valence-corrected chi connectivity index (χ2v) is 5.59. The van der Waals surface area contributed by atoms with Crippen molar-refractivity contribution in [1.29, 1.82) is 0 Å². The van der Waals surface area contributed by atoms with Gasteiger partial charge in [0.2, 0.25) is 0 Å². The summed E-state index contributed by atoms with van der Waals surface area (Å²) in [4.78, 5) is 0.381. The predicted octanol–water partition coefficient (Wildman–Crippen LogP) is 3.77. The van der Waals surface area contributed by atoms with Gasteiger partial charge in [0.05, 0.1) is 0 Å². The van der Waals surface area contributed by atoms with Gasteiger partial charge < -0.3 is 10.3 Å². The second-order valence-electron chi connectivity index (χ2n) is 5.15. The average Bonchev–Trinajstić information content (AvgIpc) is 2.85. The molecule has 0 spiro atoms. The van der Waals surface area contributed by atoms with Gasteiger partial charge in [-0.2, -0.15) is 0 Å². The van der Waals surface area contributed by atoms with Crippen molar-refractivity contribution in [2.24, 2.45) is 5.73 Å². The molecule has 0 amide bonds. The Kier molecular flexibility index (Phi) is 3.47. The van der Waals surface area contributed by atoms with Crippen LogP contribution >= 0.6 is 12.2 Å². The van der Waals surface area contributed by atoms with Crippen LogP contribution in [-0.2, 0) is 6.54 Å². The molecule has 2 N–H and O–H groups in total. The van der Waals surface area contributed by atoms with Gasteiger partial charge in [-0.25, -0.2) is 4.39 Å². The smallest absolute Gasteiger partial charge is 0.123 e. The molecule has 1 heterocycles. The lowest BCUT2D eigenvalue weighted by Crippen LogP contribution is -2.09. The Morgan fingerprint density at radius 1 is 1.19 bits per heavy atom. The summed E-state index contributed by atoms with van der Waals surface area (Å²) in [6.45, 7) is 2.61. The highest BCUT2D eigenvalue weighted by molar-refractivity contribution is 7.80. The van der Waals surface area contributed by atoms with Gasteiger partial charge in [-0.1, -0.05) is 30.4 Å². The van der Waals surface area contributed by atoms with Crippen LogP contribution in [0.3, 0.4) is 0 Å². The highest BCUT2D eigenvalue weighted by Crippen LogP contribution is 2.20. The molecule has 0 saturated carbocycles. The van der Waals surface area contributed by atoms with E-state index in [9.17, 15) is 4.39 Å². The van der Waals surface area contributed by atoms with Crippen LogP contribution in [0.25, 0.3) is 10.9 Å². The zero-order valence-corrected chi connectivity index (χ0v) is 12.5. The molecule has 0 radical (unpaired) electrons. The first-order valence-electron chi connectivity index (χ1n) is 6.68. The number of thiocarbonyl (C=S) groups is 1. The molecule has 3 rings (SSSR count). The maximum atomic E-state index is 13.4. The summed E-state index contributed by atoms with van der Waals surface area (Å²) in [5, 5.41) is 1.11. The van der Waals surface area contributed by atoms with Crippen LogP contribution in [0, 0.1) is 12.7 Å². The predicted molar refractivity (Wildman–Crippen MR) is 88.1 cm³/mol. The highest BCUT2D eigenvalue weighted by Gasteiger charge is 2.07. The van der Waals surface area contributed by atoms with Crippen LogP contribution in [0.2, 0.25) is 0 Å². The molecule has 0 unspecified atom stereocenters. The minimum absolute atomic E-state index is 0.212. The first kappa shape index (κ1) is 13.8. The number of benzene rings is 2. The number of aromatic nitrogens is 1. The van der Waals surface area contributed by atoms with Crippen LogP contribution in [0.4, 0.5) is 4.39 Å². The molecule has 2 aromatic carbocycles. The number of halogens is 1. The van der Waals surface area contributed by atoms with Gasteiger partial charge in [0.1, 0.15) is 10.8 Å². The van der Waals surface area contributed by atoms with Gasteiger partial charge in [0.15, 0.2) is 0 Å². The summed E-state index contributed by atoms with van der Waals surface area (Å²) in [6.07, 6.45) is 2.00. The fourth-order valence-electron chi connectivity index (χ4n) is 2.47. The quantitative estimate of drug-likeness (QED) is 0.746. The molecule has 1 aromatic heterocycles. The molecular formula is C17H15FN2S. The SMILES string of the molecule is Cc1ccc(F)cc1Cn1ccc2ccc(C(N)=S)cc21. The van der Waals surface area contributed by atoms with E-state index in [1.165, 1.54) is 6.07 Å². The Hall–Kier alpha value is -2.20. The molecular weight excluding hydrogens is 283 g/mol. The monoisotopic (exact) mass is 298 g/mol. The van der Waals surface area contributed by atoms with E-state index in [0.717, 1.165) is 27.6 Å². The Labute approximate surface area is 128 Å². The topological polar surface area (TPSA) is 30.9 Å². The van der Waals surface area contributed by atoms with Crippen molar-refractivity contribution < 1.29 is 4.39 Å². The minimum atomic E-state index is -0.212. The maximum absolute atomic E-state index is 13.4. The van der Waals surface area contributed by atoms with Gasteiger partial charge in [-0.3, -0.25) is 0 Å². The van der Waals surface area contributed by atoms with Gasteiger partial charge in [-0.05, 0) is 47.7 Å². The summed E-state index contributed by atoms with van der Waals surface area (Å²) < 4.78 is 15.5. The van der Waals surface area contributed by atoms with E-state index in [4.69, 9.17) is 18.0 Å². The lowest BCUT2D eigenvalue weighted by molar-refractivity contribution is 0.623. The lowest BCUT2D eigenvalue weighted by Gasteiger charge is -2.10. The van der Waals surface area contributed by atoms with Crippen LogP contribution in [0.1, 0.15) is 16.7 Å². The standard InChI is InChI=1S/C17H15FN2S/c1-11-2-5-15(18)8-14(11)10-20-7-6-12-3-4-13(17(19)21)9-16(12)20/h2-9H,10H2,1H3,(H2,19,21). The molecule has 106 valence electrons. The summed E-state index contributed by atoms with van der Waals surface area (Å²) >= 11 is 5.03. The van der Waals surface area contributed by atoms with Crippen molar-refractivity contribution in [2.75, 3.05) is 0 Å². The highest BCUT2D eigenvalue weighted by atomic mass is 32.1. The number of hydrogen-bond donors (Lipinski definition) is 1. The first-order valence-corrected chi connectivity index (χ1v) is 7.09. The summed E-state index contributed by atoms with van der Waals surface area (Å²) in [5.74, 6) is -0.212. The number of fused-ring (bicyclic) bond motifs is 1. The Bertz CT molecular complexity index is 836. The Morgan fingerprint density at radius 3 is 2.76 bits per heavy atom. The zero-order valence-electron chi connectivity index (χ0n) is 11.6. The van der Waals surface area contributed by atoms with Crippen LogP contribution in [0.15, 0.2) is 48.7 Å². The van der Waals surface area contributed by atoms with Crippen molar-refractivity contribution >= 4 is 28.1 Å². The third kappa shape index (κ3) is 2.67. The van der Waals surface area contributed by atoms with Crippen molar-refractivity contribution in [3.63, 3.8) is 0 Å². The Balaban J connectivity index is 2.06.